The summed E-state index contributed by atoms with van der Waals surface area (Å²) in [7, 11) is 1.72. The zero-order valence-electron chi connectivity index (χ0n) is 11.8. The number of benzene rings is 1. The Morgan fingerprint density at radius 3 is 2.63 bits per heavy atom. The zero-order chi connectivity index (χ0) is 13.7. The van der Waals surface area contributed by atoms with Gasteiger partial charge in [0.1, 0.15) is 5.75 Å². The van der Waals surface area contributed by atoms with Gasteiger partial charge in [-0.15, -0.1) is 0 Å². The van der Waals surface area contributed by atoms with Crippen molar-refractivity contribution in [1.29, 1.82) is 0 Å². The lowest BCUT2D eigenvalue weighted by Crippen LogP contribution is -2.21. The van der Waals surface area contributed by atoms with Crippen LogP contribution in [0.5, 0.6) is 5.75 Å². The molecule has 0 aliphatic heterocycles. The van der Waals surface area contributed by atoms with Crippen LogP contribution in [0.3, 0.4) is 0 Å². The van der Waals surface area contributed by atoms with Gasteiger partial charge < -0.3 is 10.5 Å². The van der Waals surface area contributed by atoms with Gasteiger partial charge in [0.15, 0.2) is 0 Å². The second-order valence-electron chi connectivity index (χ2n) is 5.70. The molecule has 2 nitrogen and oxygen atoms in total. The Bertz CT molecular complexity index is 413. The van der Waals surface area contributed by atoms with Crippen LogP contribution in [0.1, 0.15) is 44.1 Å². The highest BCUT2D eigenvalue weighted by atomic mass is 35.5. The number of methoxy groups -OCH3 is 1. The second kappa shape index (κ2) is 6.62. The van der Waals surface area contributed by atoms with Crippen LogP contribution in [0.25, 0.3) is 0 Å². The minimum absolute atomic E-state index is 0.460. The number of ether oxygens (including phenoxy) is 1. The second-order valence-corrected chi connectivity index (χ2v) is 6.14. The van der Waals surface area contributed by atoms with Crippen LogP contribution < -0.4 is 10.5 Å². The Kier molecular flexibility index (Phi) is 5.12. The van der Waals surface area contributed by atoms with Crippen molar-refractivity contribution < 1.29 is 4.74 Å². The van der Waals surface area contributed by atoms with E-state index >= 15 is 0 Å². The standard InChI is InChI=1S/C16H24ClNO/c1-19-15-5-4-14(17)12-13(15)6-9-16(10-11-18)7-2-3-8-16/h4-5,12H,2-3,6-11,18H2,1H3. The number of aryl methyl sites for hydroxylation is 1. The van der Waals surface area contributed by atoms with Gasteiger partial charge >= 0.3 is 0 Å². The first-order chi connectivity index (χ1) is 9.19. The highest BCUT2D eigenvalue weighted by Gasteiger charge is 2.32. The Balaban J connectivity index is 2.06. The monoisotopic (exact) mass is 281 g/mol. The van der Waals surface area contributed by atoms with Crippen LogP contribution >= 0.6 is 11.6 Å². The van der Waals surface area contributed by atoms with E-state index in [1.54, 1.807) is 7.11 Å². The lowest BCUT2D eigenvalue weighted by atomic mass is 9.77. The molecule has 0 radical (unpaired) electrons. The molecular formula is C16H24ClNO. The van der Waals surface area contributed by atoms with Crippen LogP contribution in [-0.2, 0) is 6.42 Å². The van der Waals surface area contributed by atoms with Crippen molar-refractivity contribution in [2.24, 2.45) is 11.1 Å². The molecule has 1 saturated carbocycles. The van der Waals surface area contributed by atoms with Gasteiger partial charge in [0.25, 0.3) is 0 Å². The summed E-state index contributed by atoms with van der Waals surface area (Å²) in [5.74, 6) is 0.949. The lowest BCUT2D eigenvalue weighted by Gasteiger charge is -2.28. The Morgan fingerprint density at radius 1 is 1.26 bits per heavy atom. The van der Waals surface area contributed by atoms with E-state index in [4.69, 9.17) is 22.1 Å². The molecule has 2 N–H and O–H groups in total. The maximum Gasteiger partial charge on any atom is 0.122 e. The summed E-state index contributed by atoms with van der Waals surface area (Å²) >= 11 is 6.09. The molecule has 3 heteroatoms. The molecule has 0 spiro atoms. The molecule has 0 bridgehead atoms. The molecule has 2 rings (SSSR count). The zero-order valence-corrected chi connectivity index (χ0v) is 12.5. The summed E-state index contributed by atoms with van der Waals surface area (Å²) in [6.45, 7) is 0.798. The topological polar surface area (TPSA) is 35.2 Å². The van der Waals surface area contributed by atoms with E-state index in [0.29, 0.717) is 5.41 Å². The van der Waals surface area contributed by atoms with Gasteiger partial charge in [0.2, 0.25) is 0 Å². The smallest absolute Gasteiger partial charge is 0.122 e. The van der Waals surface area contributed by atoms with Gasteiger partial charge in [0.05, 0.1) is 7.11 Å². The van der Waals surface area contributed by atoms with Gasteiger partial charge in [-0.25, -0.2) is 0 Å². The fourth-order valence-corrected chi connectivity index (χ4v) is 3.59. The fourth-order valence-electron chi connectivity index (χ4n) is 3.40. The number of rotatable bonds is 6. The molecule has 106 valence electrons. The van der Waals surface area contributed by atoms with Crippen molar-refractivity contribution in [3.8, 4) is 5.75 Å². The molecule has 0 heterocycles. The highest BCUT2D eigenvalue weighted by molar-refractivity contribution is 6.30. The predicted molar refractivity (Wildman–Crippen MR) is 80.9 cm³/mol. The Hall–Kier alpha value is -0.730. The van der Waals surface area contributed by atoms with E-state index in [-0.39, 0.29) is 0 Å². The summed E-state index contributed by atoms with van der Waals surface area (Å²) < 4.78 is 5.43. The van der Waals surface area contributed by atoms with Crippen molar-refractivity contribution in [2.75, 3.05) is 13.7 Å². The van der Waals surface area contributed by atoms with Gasteiger partial charge in [-0.2, -0.15) is 0 Å². The van der Waals surface area contributed by atoms with E-state index in [2.05, 4.69) is 0 Å². The van der Waals surface area contributed by atoms with E-state index in [9.17, 15) is 0 Å². The first-order valence-electron chi connectivity index (χ1n) is 7.22. The summed E-state index contributed by atoms with van der Waals surface area (Å²) in [6, 6.07) is 5.88. The van der Waals surface area contributed by atoms with Crippen molar-refractivity contribution in [3.05, 3.63) is 28.8 Å². The van der Waals surface area contributed by atoms with E-state index in [0.717, 1.165) is 30.2 Å². The third-order valence-electron chi connectivity index (χ3n) is 4.51. The minimum atomic E-state index is 0.460. The van der Waals surface area contributed by atoms with Crippen molar-refractivity contribution in [1.82, 2.24) is 0 Å². The number of halogens is 1. The maximum atomic E-state index is 6.09. The van der Waals surface area contributed by atoms with Gasteiger partial charge in [0, 0.05) is 5.02 Å². The Morgan fingerprint density at radius 2 is 2.00 bits per heavy atom. The third kappa shape index (κ3) is 3.64. The molecule has 1 aromatic rings. The molecule has 1 aliphatic rings. The molecular weight excluding hydrogens is 258 g/mol. The molecule has 19 heavy (non-hydrogen) atoms. The van der Waals surface area contributed by atoms with Crippen molar-refractivity contribution in [3.63, 3.8) is 0 Å². The largest absolute Gasteiger partial charge is 0.496 e. The molecule has 0 aromatic heterocycles. The van der Waals surface area contributed by atoms with Crippen LogP contribution in [0.2, 0.25) is 5.02 Å². The fraction of sp³-hybridized carbons (Fsp3) is 0.625. The summed E-state index contributed by atoms with van der Waals surface area (Å²) in [5, 5.41) is 0.787. The molecule has 0 atom stereocenters. The van der Waals surface area contributed by atoms with Crippen LogP contribution in [0.4, 0.5) is 0 Å². The van der Waals surface area contributed by atoms with Crippen LogP contribution in [-0.4, -0.2) is 13.7 Å². The minimum Gasteiger partial charge on any atom is -0.496 e. The average Bonchev–Trinajstić information content (AvgIpc) is 2.86. The average molecular weight is 282 g/mol. The number of hydrogen-bond donors (Lipinski definition) is 1. The van der Waals surface area contributed by atoms with Gasteiger partial charge in [-0.05, 0) is 67.8 Å². The third-order valence-corrected chi connectivity index (χ3v) is 4.74. The molecule has 1 aliphatic carbocycles. The quantitative estimate of drug-likeness (QED) is 0.848. The SMILES string of the molecule is COc1ccc(Cl)cc1CCC1(CCN)CCCC1. The summed E-state index contributed by atoms with van der Waals surface area (Å²) in [6.07, 6.45) is 8.74. The lowest BCUT2D eigenvalue weighted by molar-refractivity contribution is 0.252. The molecule has 1 fully saturated rings. The Labute approximate surface area is 121 Å². The summed E-state index contributed by atoms with van der Waals surface area (Å²) in [4.78, 5) is 0. The predicted octanol–water partition coefficient (Wildman–Crippen LogP) is 4.19. The first-order valence-corrected chi connectivity index (χ1v) is 7.59. The van der Waals surface area contributed by atoms with E-state index < -0.39 is 0 Å². The summed E-state index contributed by atoms with van der Waals surface area (Å²) in [5.41, 5.74) is 7.48. The van der Waals surface area contributed by atoms with Gasteiger partial charge in [-0.1, -0.05) is 24.4 Å². The van der Waals surface area contributed by atoms with E-state index in [1.807, 2.05) is 18.2 Å². The van der Waals surface area contributed by atoms with Crippen LogP contribution in [0.15, 0.2) is 18.2 Å². The normalized spacial score (nSPS) is 17.6. The molecule has 0 saturated heterocycles. The maximum absolute atomic E-state index is 6.09. The molecule has 0 amide bonds. The van der Waals surface area contributed by atoms with Gasteiger partial charge in [-0.3, -0.25) is 0 Å². The number of hydrogen-bond acceptors (Lipinski definition) is 2. The van der Waals surface area contributed by atoms with Crippen LogP contribution in [0, 0.1) is 5.41 Å². The molecule has 1 aromatic carbocycles. The first kappa shape index (κ1) is 14.7. The number of nitrogens with two attached hydrogens (primary N) is 1. The van der Waals surface area contributed by atoms with Crippen molar-refractivity contribution in [2.45, 2.75) is 44.9 Å². The van der Waals surface area contributed by atoms with E-state index in [1.165, 1.54) is 37.7 Å². The highest BCUT2D eigenvalue weighted by Crippen LogP contribution is 2.45. The van der Waals surface area contributed by atoms with Crippen molar-refractivity contribution >= 4 is 11.6 Å². The molecule has 0 unspecified atom stereocenters.